The molecule has 2 aromatic rings. The number of phenols is 1. The topological polar surface area (TPSA) is 88.0 Å². The standard InChI is InChI=1S/C18H22N2O4S/c1-3-4-10-17(16-13-14(24-2)11-12-18(16)21)19-20-25(22,23)15-8-6-5-7-9-15/h5-9,11-13,20-21H,3-4,10H2,1-2H3/b19-17-. The number of rotatable bonds is 8. The monoisotopic (exact) mass is 362 g/mol. The molecule has 0 heterocycles. The number of ether oxygens (including phenoxy) is 1. The summed E-state index contributed by atoms with van der Waals surface area (Å²) in [5.74, 6) is 0.581. The SMILES string of the molecule is CCCC/C(=N/NS(=O)(=O)c1ccccc1)c1cc(OC)ccc1O. The fourth-order valence-electron chi connectivity index (χ4n) is 2.24. The minimum Gasteiger partial charge on any atom is -0.507 e. The third-order valence-corrected chi connectivity index (χ3v) is 4.86. The Kier molecular flexibility index (Phi) is 6.41. The van der Waals surface area contributed by atoms with Crippen LogP contribution in [0.4, 0.5) is 0 Å². The third kappa shape index (κ3) is 4.96. The van der Waals surface area contributed by atoms with Gasteiger partial charge in [-0.1, -0.05) is 31.5 Å². The van der Waals surface area contributed by atoms with Gasteiger partial charge in [0.2, 0.25) is 0 Å². The lowest BCUT2D eigenvalue weighted by Crippen LogP contribution is -2.20. The Morgan fingerprint density at radius 1 is 1.20 bits per heavy atom. The number of nitrogens with zero attached hydrogens (tertiary/aromatic N) is 1. The number of phenolic OH excluding ortho intramolecular Hbond substituents is 1. The second-order valence-electron chi connectivity index (χ2n) is 5.45. The van der Waals surface area contributed by atoms with Gasteiger partial charge in [-0.3, -0.25) is 0 Å². The van der Waals surface area contributed by atoms with Crippen LogP contribution in [0.2, 0.25) is 0 Å². The summed E-state index contributed by atoms with van der Waals surface area (Å²) in [6.07, 6.45) is 2.24. The maximum atomic E-state index is 12.3. The van der Waals surface area contributed by atoms with E-state index in [-0.39, 0.29) is 10.6 Å². The first-order valence-corrected chi connectivity index (χ1v) is 9.47. The van der Waals surface area contributed by atoms with Gasteiger partial charge in [0, 0.05) is 5.56 Å². The molecule has 0 fully saturated rings. The van der Waals surface area contributed by atoms with Crippen LogP contribution in [0, 0.1) is 0 Å². The van der Waals surface area contributed by atoms with E-state index in [1.165, 1.54) is 25.3 Å². The minimum atomic E-state index is -3.77. The van der Waals surface area contributed by atoms with E-state index in [4.69, 9.17) is 4.74 Å². The Balaban J connectivity index is 2.36. The molecule has 7 heteroatoms. The molecule has 0 radical (unpaired) electrons. The predicted molar refractivity (Wildman–Crippen MR) is 97.5 cm³/mol. The number of aromatic hydroxyl groups is 1. The summed E-state index contributed by atoms with van der Waals surface area (Å²) >= 11 is 0. The molecule has 0 aliphatic carbocycles. The Labute approximate surface area is 148 Å². The van der Waals surface area contributed by atoms with Crippen molar-refractivity contribution in [1.82, 2.24) is 4.83 Å². The Morgan fingerprint density at radius 3 is 2.56 bits per heavy atom. The molecule has 0 atom stereocenters. The average Bonchev–Trinajstić information content (AvgIpc) is 2.63. The van der Waals surface area contributed by atoms with Crippen LogP contribution in [0.1, 0.15) is 31.7 Å². The van der Waals surface area contributed by atoms with E-state index in [1.54, 1.807) is 30.3 Å². The van der Waals surface area contributed by atoms with Crippen LogP contribution in [-0.4, -0.2) is 26.3 Å². The lowest BCUT2D eigenvalue weighted by Gasteiger charge is -2.11. The molecule has 0 aromatic heterocycles. The molecule has 2 aromatic carbocycles. The number of nitrogens with one attached hydrogen (secondary N) is 1. The van der Waals surface area contributed by atoms with Crippen molar-refractivity contribution < 1.29 is 18.3 Å². The number of hydrogen-bond acceptors (Lipinski definition) is 5. The van der Waals surface area contributed by atoms with Crippen molar-refractivity contribution >= 4 is 15.7 Å². The molecule has 0 unspecified atom stereocenters. The maximum Gasteiger partial charge on any atom is 0.276 e. The number of hydrazone groups is 1. The first-order chi connectivity index (χ1) is 12.0. The van der Waals surface area contributed by atoms with Crippen molar-refractivity contribution in [2.75, 3.05) is 7.11 Å². The highest BCUT2D eigenvalue weighted by Crippen LogP contribution is 2.25. The molecule has 0 aliphatic heterocycles. The van der Waals surface area contributed by atoms with Gasteiger partial charge in [-0.25, -0.2) is 0 Å². The van der Waals surface area contributed by atoms with Crippen LogP contribution >= 0.6 is 0 Å². The van der Waals surface area contributed by atoms with Crippen LogP contribution in [0.15, 0.2) is 58.5 Å². The van der Waals surface area contributed by atoms with Crippen LogP contribution in [0.3, 0.4) is 0 Å². The summed E-state index contributed by atoms with van der Waals surface area (Å²) in [5.41, 5.74) is 0.904. The Bertz CT molecular complexity index is 833. The summed E-state index contributed by atoms with van der Waals surface area (Å²) in [7, 11) is -2.24. The van der Waals surface area contributed by atoms with Gasteiger partial charge in [-0.2, -0.15) is 18.4 Å². The molecule has 0 bridgehead atoms. The maximum absolute atomic E-state index is 12.3. The Hall–Kier alpha value is -2.54. The summed E-state index contributed by atoms with van der Waals surface area (Å²) in [6.45, 7) is 2.02. The average molecular weight is 362 g/mol. The fraction of sp³-hybridized carbons (Fsp3) is 0.278. The molecular weight excluding hydrogens is 340 g/mol. The molecule has 0 spiro atoms. The number of methoxy groups -OCH3 is 1. The van der Waals surface area contributed by atoms with Gasteiger partial charge in [0.25, 0.3) is 10.0 Å². The molecule has 6 nitrogen and oxygen atoms in total. The quantitative estimate of drug-likeness (QED) is 0.557. The fourth-order valence-corrected chi connectivity index (χ4v) is 3.09. The van der Waals surface area contributed by atoms with Gasteiger partial charge >= 0.3 is 0 Å². The Morgan fingerprint density at radius 2 is 1.92 bits per heavy atom. The van der Waals surface area contributed by atoms with Gasteiger partial charge in [-0.15, -0.1) is 0 Å². The molecule has 2 N–H and O–H groups in total. The van der Waals surface area contributed by atoms with Gasteiger partial charge in [-0.05, 0) is 43.2 Å². The van der Waals surface area contributed by atoms with Crippen molar-refractivity contribution in [3.8, 4) is 11.5 Å². The van der Waals surface area contributed by atoms with Gasteiger partial charge in [0.05, 0.1) is 17.7 Å². The zero-order valence-electron chi connectivity index (χ0n) is 14.3. The van der Waals surface area contributed by atoms with E-state index in [0.29, 0.717) is 23.4 Å². The second kappa shape index (κ2) is 8.53. The number of benzene rings is 2. The third-order valence-electron chi connectivity index (χ3n) is 3.64. The highest BCUT2D eigenvalue weighted by Gasteiger charge is 2.15. The van der Waals surface area contributed by atoms with E-state index in [0.717, 1.165) is 12.8 Å². The lowest BCUT2D eigenvalue weighted by atomic mass is 10.0. The zero-order chi connectivity index (χ0) is 18.3. The summed E-state index contributed by atoms with van der Waals surface area (Å²) in [4.78, 5) is 2.38. The van der Waals surface area contributed by atoms with E-state index in [9.17, 15) is 13.5 Å². The van der Waals surface area contributed by atoms with Gasteiger partial charge in [0.1, 0.15) is 11.5 Å². The van der Waals surface area contributed by atoms with Crippen LogP contribution < -0.4 is 9.57 Å². The summed E-state index contributed by atoms with van der Waals surface area (Å²) in [6, 6.07) is 12.8. The minimum absolute atomic E-state index is 0.0227. The lowest BCUT2D eigenvalue weighted by molar-refractivity contribution is 0.412. The van der Waals surface area contributed by atoms with E-state index in [1.807, 2.05) is 6.92 Å². The molecule has 0 aliphatic rings. The highest BCUT2D eigenvalue weighted by molar-refractivity contribution is 7.89. The number of hydrogen-bond donors (Lipinski definition) is 2. The van der Waals surface area contributed by atoms with E-state index in [2.05, 4.69) is 9.93 Å². The highest BCUT2D eigenvalue weighted by atomic mass is 32.2. The van der Waals surface area contributed by atoms with Crippen molar-refractivity contribution in [3.05, 3.63) is 54.1 Å². The van der Waals surface area contributed by atoms with Crippen molar-refractivity contribution in [3.63, 3.8) is 0 Å². The normalized spacial score (nSPS) is 12.0. The molecule has 134 valence electrons. The van der Waals surface area contributed by atoms with Crippen molar-refractivity contribution in [1.29, 1.82) is 0 Å². The smallest absolute Gasteiger partial charge is 0.276 e. The summed E-state index contributed by atoms with van der Waals surface area (Å²) in [5, 5.41) is 14.2. The van der Waals surface area contributed by atoms with Crippen LogP contribution in [-0.2, 0) is 10.0 Å². The first-order valence-electron chi connectivity index (χ1n) is 7.98. The molecular formula is C18H22N2O4S. The van der Waals surface area contributed by atoms with Gasteiger partial charge < -0.3 is 9.84 Å². The number of sulfonamides is 1. The number of unbranched alkanes of at least 4 members (excludes halogenated alkanes) is 1. The molecule has 2 rings (SSSR count). The molecule has 0 amide bonds. The van der Waals surface area contributed by atoms with Gasteiger partial charge in [0.15, 0.2) is 0 Å². The van der Waals surface area contributed by atoms with Crippen molar-refractivity contribution in [2.24, 2.45) is 5.10 Å². The molecule has 0 saturated carbocycles. The molecule has 25 heavy (non-hydrogen) atoms. The van der Waals surface area contributed by atoms with Crippen molar-refractivity contribution in [2.45, 2.75) is 31.1 Å². The van der Waals surface area contributed by atoms with Crippen LogP contribution in [0.25, 0.3) is 0 Å². The summed E-state index contributed by atoms with van der Waals surface area (Å²) < 4.78 is 29.9. The largest absolute Gasteiger partial charge is 0.507 e. The second-order valence-corrected chi connectivity index (χ2v) is 7.11. The zero-order valence-corrected chi connectivity index (χ0v) is 15.1. The predicted octanol–water partition coefficient (Wildman–Crippen LogP) is 3.27. The first kappa shape index (κ1) is 18.8. The van der Waals surface area contributed by atoms with Crippen LogP contribution in [0.5, 0.6) is 11.5 Å². The van der Waals surface area contributed by atoms with E-state index < -0.39 is 10.0 Å². The molecule has 0 saturated heterocycles. The van der Waals surface area contributed by atoms with E-state index >= 15 is 0 Å².